The number of nitrogens with one attached hydrogen (secondary N) is 2. The molecule has 3 rings (SSSR count). The minimum atomic E-state index is -3.09. The maximum absolute atomic E-state index is 13.7. The van der Waals surface area contributed by atoms with Gasteiger partial charge in [-0.1, -0.05) is 12.8 Å². The Morgan fingerprint density at radius 2 is 2.17 bits per heavy atom. The fourth-order valence-corrected chi connectivity index (χ4v) is 3.72. The lowest BCUT2D eigenvalue weighted by atomic mass is 9.67. The molecule has 1 heterocycles. The summed E-state index contributed by atoms with van der Waals surface area (Å²) in [5.74, 6) is -1.30. The van der Waals surface area contributed by atoms with Gasteiger partial charge in [-0.25, -0.2) is 4.39 Å². The predicted octanol–water partition coefficient (Wildman–Crippen LogP) is 3.57. The first-order chi connectivity index (χ1) is 11.0. The summed E-state index contributed by atoms with van der Waals surface area (Å²) >= 11 is 0. The summed E-state index contributed by atoms with van der Waals surface area (Å²) in [6, 6.07) is 3.47. The van der Waals surface area contributed by atoms with Crippen LogP contribution in [0.25, 0.3) is 0 Å². The van der Waals surface area contributed by atoms with E-state index >= 15 is 0 Å². The monoisotopic (exact) mass is 364 g/mol. The van der Waals surface area contributed by atoms with Crippen molar-refractivity contribution in [2.24, 2.45) is 11.3 Å². The van der Waals surface area contributed by atoms with Crippen molar-refractivity contribution in [1.82, 2.24) is 5.32 Å². The van der Waals surface area contributed by atoms with E-state index in [0.29, 0.717) is 12.5 Å². The number of hydrogen-bond acceptors (Lipinski definition) is 3. The minimum Gasteiger partial charge on any atom is -0.432 e. The molecule has 4 nitrogen and oxygen atoms in total. The largest absolute Gasteiger partial charge is 0.432 e. The van der Waals surface area contributed by atoms with Crippen molar-refractivity contribution in [3.05, 3.63) is 24.0 Å². The summed E-state index contributed by atoms with van der Waals surface area (Å²) in [6.07, 6.45) is 3.94. The van der Waals surface area contributed by atoms with Gasteiger partial charge in [0.25, 0.3) is 0 Å². The number of carbonyl (C=O) groups excluding carboxylic acids is 1. The molecule has 1 saturated carbocycles. The average molecular weight is 365 g/mol. The van der Waals surface area contributed by atoms with Crippen LogP contribution in [-0.4, -0.2) is 25.6 Å². The topological polar surface area (TPSA) is 50.4 Å². The number of rotatable bonds is 4. The fourth-order valence-electron chi connectivity index (χ4n) is 3.72. The van der Waals surface area contributed by atoms with Gasteiger partial charge in [0.15, 0.2) is 11.6 Å². The SMILES string of the molecule is Cl.O=C(Nc1ccc(OC(F)F)c(F)c1)[C@@]12CCCC[C@H]1CNC2. The normalized spacial score (nSPS) is 25.8. The van der Waals surface area contributed by atoms with Gasteiger partial charge in [-0.05, 0) is 37.4 Å². The Hall–Kier alpha value is -1.47. The van der Waals surface area contributed by atoms with E-state index in [1.807, 2.05) is 0 Å². The lowest BCUT2D eigenvalue weighted by Crippen LogP contribution is -2.44. The maximum atomic E-state index is 13.7. The molecular weight excluding hydrogens is 345 g/mol. The van der Waals surface area contributed by atoms with Crippen molar-refractivity contribution in [3.63, 3.8) is 0 Å². The van der Waals surface area contributed by atoms with E-state index in [1.54, 1.807) is 0 Å². The smallest absolute Gasteiger partial charge is 0.387 e. The number of hydrogen-bond donors (Lipinski definition) is 2. The van der Waals surface area contributed by atoms with E-state index in [0.717, 1.165) is 44.4 Å². The number of halogens is 4. The summed E-state index contributed by atoms with van der Waals surface area (Å²) in [5, 5.41) is 6.01. The zero-order valence-electron chi connectivity index (χ0n) is 13.0. The first-order valence-corrected chi connectivity index (χ1v) is 7.78. The number of alkyl halides is 2. The summed E-state index contributed by atoms with van der Waals surface area (Å²) in [4.78, 5) is 12.7. The molecule has 1 aromatic rings. The third kappa shape index (κ3) is 3.62. The zero-order chi connectivity index (χ0) is 16.4. The van der Waals surface area contributed by atoms with Crippen LogP contribution in [-0.2, 0) is 4.79 Å². The van der Waals surface area contributed by atoms with Crippen LogP contribution in [0.3, 0.4) is 0 Å². The number of fused-ring (bicyclic) bond motifs is 1. The number of anilines is 1. The van der Waals surface area contributed by atoms with Gasteiger partial charge in [-0.15, -0.1) is 12.4 Å². The molecule has 1 saturated heterocycles. The summed E-state index contributed by atoms with van der Waals surface area (Å²) in [6.45, 7) is -1.64. The molecule has 2 aliphatic rings. The highest BCUT2D eigenvalue weighted by atomic mass is 35.5. The van der Waals surface area contributed by atoms with E-state index < -0.39 is 23.6 Å². The molecule has 1 aliphatic carbocycles. The molecule has 0 radical (unpaired) electrons. The number of amides is 1. The Kier molecular flexibility index (Phi) is 5.98. The van der Waals surface area contributed by atoms with E-state index in [9.17, 15) is 18.0 Å². The lowest BCUT2D eigenvalue weighted by molar-refractivity contribution is -0.128. The van der Waals surface area contributed by atoms with Crippen LogP contribution in [0, 0.1) is 17.2 Å². The summed E-state index contributed by atoms with van der Waals surface area (Å²) in [7, 11) is 0. The highest BCUT2D eigenvalue weighted by molar-refractivity contribution is 5.96. The van der Waals surface area contributed by atoms with Crippen molar-refractivity contribution < 1.29 is 22.7 Å². The van der Waals surface area contributed by atoms with Gasteiger partial charge >= 0.3 is 6.61 Å². The molecule has 8 heteroatoms. The molecule has 2 fully saturated rings. The van der Waals surface area contributed by atoms with Gasteiger partial charge < -0.3 is 15.4 Å². The van der Waals surface area contributed by atoms with Crippen LogP contribution in [0.15, 0.2) is 18.2 Å². The molecule has 1 amide bonds. The van der Waals surface area contributed by atoms with Crippen molar-refractivity contribution >= 4 is 24.0 Å². The average Bonchev–Trinajstić information content (AvgIpc) is 2.95. The third-order valence-corrected chi connectivity index (χ3v) is 4.90. The standard InChI is InChI=1S/C16H19F3N2O2.ClH/c17-12-7-11(4-5-13(12)23-15(18)19)21-14(22)16-6-2-1-3-10(16)8-20-9-16;/h4-5,7,10,15,20H,1-3,6,8-9H2,(H,21,22);1H/t10-,16+;/m0./s1. The van der Waals surface area contributed by atoms with Crippen molar-refractivity contribution in [3.8, 4) is 5.75 Å². The van der Waals surface area contributed by atoms with E-state index in [1.165, 1.54) is 6.07 Å². The van der Waals surface area contributed by atoms with Crippen LogP contribution in [0.2, 0.25) is 0 Å². The minimum absolute atomic E-state index is 0. The Bertz CT molecular complexity index is 603. The first-order valence-electron chi connectivity index (χ1n) is 7.78. The molecule has 1 aliphatic heterocycles. The Balaban J connectivity index is 0.00000208. The molecule has 0 spiro atoms. The van der Waals surface area contributed by atoms with Crippen LogP contribution in [0.5, 0.6) is 5.75 Å². The molecule has 2 N–H and O–H groups in total. The van der Waals surface area contributed by atoms with Crippen molar-refractivity contribution in [2.45, 2.75) is 32.3 Å². The van der Waals surface area contributed by atoms with E-state index in [-0.39, 0.29) is 24.0 Å². The second-order valence-electron chi connectivity index (χ2n) is 6.21. The number of carbonyl (C=O) groups is 1. The highest BCUT2D eigenvalue weighted by Gasteiger charge is 2.49. The quantitative estimate of drug-likeness (QED) is 0.858. The Labute approximate surface area is 144 Å². The molecular formula is C16H20ClF3N2O2. The van der Waals surface area contributed by atoms with Gasteiger partial charge in [-0.2, -0.15) is 8.78 Å². The van der Waals surface area contributed by atoms with Crippen LogP contribution < -0.4 is 15.4 Å². The third-order valence-electron chi connectivity index (χ3n) is 4.90. The molecule has 2 atom stereocenters. The van der Waals surface area contributed by atoms with Crippen LogP contribution in [0.1, 0.15) is 25.7 Å². The van der Waals surface area contributed by atoms with Gasteiger partial charge in [0.1, 0.15) is 0 Å². The maximum Gasteiger partial charge on any atom is 0.387 e. The lowest BCUT2D eigenvalue weighted by Gasteiger charge is -2.37. The molecule has 0 aromatic heterocycles. The first kappa shape index (κ1) is 18.9. The molecule has 134 valence electrons. The van der Waals surface area contributed by atoms with E-state index in [4.69, 9.17) is 0 Å². The zero-order valence-corrected chi connectivity index (χ0v) is 13.8. The second kappa shape index (κ2) is 7.61. The Morgan fingerprint density at radius 3 is 2.88 bits per heavy atom. The molecule has 24 heavy (non-hydrogen) atoms. The van der Waals surface area contributed by atoms with Crippen LogP contribution >= 0.6 is 12.4 Å². The van der Waals surface area contributed by atoms with Gasteiger partial charge in [0, 0.05) is 18.3 Å². The summed E-state index contributed by atoms with van der Waals surface area (Å²) in [5.41, 5.74) is -0.202. The van der Waals surface area contributed by atoms with Crippen molar-refractivity contribution in [2.75, 3.05) is 18.4 Å². The predicted molar refractivity (Wildman–Crippen MR) is 86.2 cm³/mol. The van der Waals surface area contributed by atoms with Crippen molar-refractivity contribution in [1.29, 1.82) is 0 Å². The van der Waals surface area contributed by atoms with E-state index in [2.05, 4.69) is 15.4 Å². The summed E-state index contributed by atoms with van der Waals surface area (Å²) < 4.78 is 42.1. The molecule has 0 unspecified atom stereocenters. The number of ether oxygens (including phenoxy) is 1. The fraction of sp³-hybridized carbons (Fsp3) is 0.562. The van der Waals surface area contributed by atoms with Gasteiger partial charge in [-0.3, -0.25) is 4.79 Å². The van der Waals surface area contributed by atoms with Gasteiger partial charge in [0.05, 0.1) is 5.41 Å². The van der Waals surface area contributed by atoms with Gasteiger partial charge in [0.2, 0.25) is 5.91 Å². The molecule has 0 bridgehead atoms. The second-order valence-corrected chi connectivity index (χ2v) is 6.21. The highest BCUT2D eigenvalue weighted by Crippen LogP contribution is 2.44. The van der Waals surface area contributed by atoms with Crippen LogP contribution in [0.4, 0.5) is 18.9 Å². The number of benzene rings is 1. The molecule has 1 aromatic carbocycles. The Morgan fingerprint density at radius 1 is 1.38 bits per heavy atom.